The molecule has 0 saturated carbocycles. The largest absolute Gasteiger partial charge is 0.370 e. The van der Waals surface area contributed by atoms with Gasteiger partial charge in [0.15, 0.2) is 12.1 Å². The zero-order valence-corrected chi connectivity index (χ0v) is 7.90. The number of carbonyl (C=O) groups excluding carboxylic acids is 1. The van der Waals surface area contributed by atoms with Gasteiger partial charge in [-0.2, -0.15) is 0 Å². The first-order chi connectivity index (χ1) is 6.31. The number of hydrogen-bond donors (Lipinski definition) is 0. The number of rotatable bonds is 4. The summed E-state index contributed by atoms with van der Waals surface area (Å²) in [5.41, 5.74) is 0.954. The molecule has 0 saturated heterocycles. The summed E-state index contributed by atoms with van der Waals surface area (Å²) in [5.74, 6) is 0.232. The third-order valence-corrected chi connectivity index (χ3v) is 1.89. The molecule has 0 aliphatic carbocycles. The van der Waals surface area contributed by atoms with Crippen LogP contribution in [0.15, 0.2) is 12.4 Å². The van der Waals surface area contributed by atoms with Crippen LogP contribution < -0.4 is 4.90 Å². The van der Waals surface area contributed by atoms with E-state index in [0.29, 0.717) is 6.29 Å². The quantitative estimate of drug-likeness (QED) is 0.650. The lowest BCUT2D eigenvalue weighted by molar-refractivity contribution is 0.111. The van der Waals surface area contributed by atoms with E-state index >= 15 is 0 Å². The van der Waals surface area contributed by atoms with Crippen molar-refractivity contribution in [2.24, 2.45) is 0 Å². The summed E-state index contributed by atoms with van der Waals surface area (Å²) in [4.78, 5) is 20.2. The maximum Gasteiger partial charge on any atom is 0.192 e. The molecule has 0 fully saturated rings. The molecule has 4 heteroatoms. The normalized spacial score (nSPS) is 9.69. The Morgan fingerprint density at radius 1 is 1.31 bits per heavy atom. The fraction of sp³-hybridized carbons (Fsp3) is 0.444. The molecular weight excluding hydrogens is 166 g/mol. The lowest BCUT2D eigenvalue weighted by atomic mass is 10.4. The maximum absolute atomic E-state index is 10.3. The number of aromatic nitrogens is 2. The van der Waals surface area contributed by atoms with Gasteiger partial charge in [-0.1, -0.05) is 0 Å². The molecule has 1 aromatic rings. The van der Waals surface area contributed by atoms with Gasteiger partial charge < -0.3 is 4.90 Å². The van der Waals surface area contributed by atoms with Gasteiger partial charge in [-0.15, -0.1) is 0 Å². The van der Waals surface area contributed by atoms with Crippen LogP contribution in [-0.2, 0) is 0 Å². The molecule has 0 bridgehead atoms. The van der Waals surface area contributed by atoms with Crippen molar-refractivity contribution in [3.8, 4) is 0 Å². The average Bonchev–Trinajstić information content (AvgIpc) is 2.21. The molecule has 0 atom stereocenters. The van der Waals surface area contributed by atoms with Crippen LogP contribution in [0.4, 0.5) is 5.69 Å². The minimum atomic E-state index is 0.232. The van der Waals surface area contributed by atoms with Crippen molar-refractivity contribution in [3.63, 3.8) is 0 Å². The van der Waals surface area contributed by atoms with E-state index in [2.05, 4.69) is 28.7 Å². The van der Waals surface area contributed by atoms with Gasteiger partial charge in [0.25, 0.3) is 0 Å². The van der Waals surface area contributed by atoms with Gasteiger partial charge in [-0.25, -0.2) is 9.97 Å². The molecule has 0 aromatic carbocycles. The first-order valence-electron chi connectivity index (χ1n) is 4.34. The van der Waals surface area contributed by atoms with E-state index in [9.17, 15) is 4.79 Å². The molecule has 0 radical (unpaired) electrons. The summed E-state index contributed by atoms with van der Waals surface area (Å²) in [6, 6.07) is 0. The van der Waals surface area contributed by atoms with Crippen LogP contribution in [0.5, 0.6) is 0 Å². The highest BCUT2D eigenvalue weighted by Crippen LogP contribution is 2.09. The second-order valence-electron chi connectivity index (χ2n) is 2.59. The van der Waals surface area contributed by atoms with Gasteiger partial charge >= 0.3 is 0 Å². The van der Waals surface area contributed by atoms with Crippen LogP contribution in [0.3, 0.4) is 0 Å². The second-order valence-corrected chi connectivity index (χ2v) is 2.59. The number of carbonyl (C=O) groups is 1. The van der Waals surface area contributed by atoms with E-state index in [1.165, 1.54) is 0 Å². The fourth-order valence-electron chi connectivity index (χ4n) is 1.14. The lowest BCUT2D eigenvalue weighted by Gasteiger charge is -2.19. The van der Waals surface area contributed by atoms with E-state index in [1.54, 1.807) is 12.4 Å². The van der Waals surface area contributed by atoms with Crippen molar-refractivity contribution < 1.29 is 4.79 Å². The Hall–Kier alpha value is -1.45. The van der Waals surface area contributed by atoms with Crippen LogP contribution >= 0.6 is 0 Å². The van der Waals surface area contributed by atoms with Crippen molar-refractivity contribution in [1.82, 2.24) is 9.97 Å². The standard InChI is InChI=1S/C9H13N3O/c1-3-12(4-2)8-5-10-9(7-13)11-6-8/h5-7H,3-4H2,1-2H3. The lowest BCUT2D eigenvalue weighted by Crippen LogP contribution is -2.22. The first-order valence-corrected chi connectivity index (χ1v) is 4.34. The summed E-state index contributed by atoms with van der Waals surface area (Å²) >= 11 is 0. The summed E-state index contributed by atoms with van der Waals surface area (Å²) in [6.07, 6.45) is 3.99. The topological polar surface area (TPSA) is 46.1 Å². The molecule has 1 rings (SSSR count). The van der Waals surface area contributed by atoms with Crippen LogP contribution in [-0.4, -0.2) is 29.3 Å². The Balaban J connectivity index is 2.83. The Labute approximate surface area is 77.6 Å². The van der Waals surface area contributed by atoms with Crippen LogP contribution in [0.2, 0.25) is 0 Å². The Morgan fingerprint density at radius 3 is 2.23 bits per heavy atom. The first kappa shape index (κ1) is 9.64. The van der Waals surface area contributed by atoms with E-state index in [4.69, 9.17) is 0 Å². The van der Waals surface area contributed by atoms with Gasteiger partial charge in [0.1, 0.15) is 0 Å². The van der Waals surface area contributed by atoms with Crippen LogP contribution in [0, 0.1) is 0 Å². The van der Waals surface area contributed by atoms with Gasteiger partial charge in [0, 0.05) is 13.1 Å². The van der Waals surface area contributed by atoms with E-state index < -0.39 is 0 Å². The van der Waals surface area contributed by atoms with Gasteiger partial charge in [-0.05, 0) is 13.8 Å². The highest BCUT2D eigenvalue weighted by atomic mass is 16.1. The summed E-state index contributed by atoms with van der Waals surface area (Å²) in [5, 5.41) is 0. The van der Waals surface area contributed by atoms with Crippen LogP contribution in [0.25, 0.3) is 0 Å². The Bertz CT molecular complexity index is 267. The highest BCUT2D eigenvalue weighted by molar-refractivity contribution is 5.68. The van der Waals surface area contributed by atoms with Crippen molar-refractivity contribution in [1.29, 1.82) is 0 Å². The molecule has 0 aliphatic heterocycles. The third kappa shape index (κ3) is 2.24. The Morgan fingerprint density at radius 2 is 1.85 bits per heavy atom. The SMILES string of the molecule is CCN(CC)c1cnc(C=O)nc1. The van der Waals surface area contributed by atoms with Gasteiger partial charge in [0.2, 0.25) is 0 Å². The molecule has 70 valence electrons. The summed E-state index contributed by atoms with van der Waals surface area (Å²) in [6.45, 7) is 5.97. The average molecular weight is 179 g/mol. The Kier molecular flexibility index (Phi) is 3.37. The van der Waals surface area contributed by atoms with E-state index in [-0.39, 0.29) is 5.82 Å². The fourth-order valence-corrected chi connectivity index (χ4v) is 1.14. The number of anilines is 1. The summed E-state index contributed by atoms with van der Waals surface area (Å²) < 4.78 is 0. The van der Waals surface area contributed by atoms with Crippen molar-refractivity contribution in [3.05, 3.63) is 18.2 Å². The molecule has 13 heavy (non-hydrogen) atoms. The number of nitrogens with zero attached hydrogens (tertiary/aromatic N) is 3. The molecule has 1 aromatic heterocycles. The predicted molar refractivity (Wildman–Crippen MR) is 51.0 cm³/mol. The van der Waals surface area contributed by atoms with Crippen molar-refractivity contribution >= 4 is 12.0 Å². The highest BCUT2D eigenvalue weighted by Gasteiger charge is 2.02. The zero-order valence-electron chi connectivity index (χ0n) is 7.90. The van der Waals surface area contributed by atoms with Crippen LogP contribution in [0.1, 0.15) is 24.5 Å². The van der Waals surface area contributed by atoms with Gasteiger partial charge in [-0.3, -0.25) is 4.79 Å². The van der Waals surface area contributed by atoms with Crippen molar-refractivity contribution in [2.45, 2.75) is 13.8 Å². The summed E-state index contributed by atoms with van der Waals surface area (Å²) in [7, 11) is 0. The van der Waals surface area contributed by atoms with Gasteiger partial charge in [0.05, 0.1) is 18.1 Å². The second kappa shape index (κ2) is 4.54. The third-order valence-electron chi connectivity index (χ3n) is 1.89. The predicted octanol–water partition coefficient (Wildman–Crippen LogP) is 1.14. The molecule has 1 heterocycles. The van der Waals surface area contributed by atoms with E-state index in [1.807, 2.05) is 0 Å². The number of aldehydes is 1. The number of hydrogen-bond acceptors (Lipinski definition) is 4. The molecule has 0 aliphatic rings. The zero-order chi connectivity index (χ0) is 9.68. The molecule has 0 amide bonds. The smallest absolute Gasteiger partial charge is 0.192 e. The molecular formula is C9H13N3O. The minimum Gasteiger partial charge on any atom is -0.370 e. The minimum absolute atomic E-state index is 0.232. The maximum atomic E-state index is 10.3. The molecule has 0 unspecified atom stereocenters. The van der Waals surface area contributed by atoms with E-state index in [0.717, 1.165) is 18.8 Å². The molecule has 0 spiro atoms. The molecule has 4 nitrogen and oxygen atoms in total. The van der Waals surface area contributed by atoms with Crippen molar-refractivity contribution in [2.75, 3.05) is 18.0 Å². The molecule has 0 N–H and O–H groups in total. The monoisotopic (exact) mass is 179 g/mol.